The van der Waals surface area contributed by atoms with Crippen LogP contribution in [0, 0.1) is 0 Å². The second-order valence-corrected chi connectivity index (χ2v) is 0. The summed E-state index contributed by atoms with van der Waals surface area (Å²) in [6.07, 6.45) is 0. The maximum absolute atomic E-state index is 8.06. The molecule has 0 fully saturated rings. The van der Waals surface area contributed by atoms with Crippen molar-refractivity contribution in [1.82, 2.24) is 0 Å². The van der Waals surface area contributed by atoms with E-state index in [1.165, 1.54) is 0 Å². The Bertz CT molecular complexity index is 11.6. The molecule has 0 N–H and O–H groups in total. The molecule has 0 amide bonds. The molecule has 0 atom stereocenters. The fourth-order valence-corrected chi connectivity index (χ4v) is 0. The van der Waals surface area contributed by atoms with Crippen molar-refractivity contribution in [3.63, 3.8) is 0 Å². The van der Waals surface area contributed by atoms with Gasteiger partial charge in [0.1, 0.15) is 9.12 Å². The van der Waals surface area contributed by atoms with Gasteiger partial charge < -0.3 is 0 Å². The van der Waals surface area contributed by atoms with Crippen LogP contribution in [0.3, 0.4) is 0 Å². The average molecular weight is 183 g/mol. The monoisotopic (exact) mass is 182 g/mol. The summed E-state index contributed by atoms with van der Waals surface area (Å²) in [4.78, 5) is 0. The molecule has 0 saturated heterocycles. The van der Waals surface area contributed by atoms with Gasteiger partial charge in [0, 0.05) is 19.5 Å². The Morgan fingerprint density at radius 3 is 1.20 bits per heavy atom. The minimum absolute atomic E-state index is 0. The Balaban J connectivity index is -0.00000000167. The first-order valence-corrected chi connectivity index (χ1v) is 0.612. The molecule has 0 saturated carbocycles. The predicted octanol–water partition coefficient (Wildman–Crippen LogP) is -1.36. The standard InChI is InChI=1S/Al.K.HOP.Zn.4H/c;;1-2;;;;;/h;;2H;;;;;. The van der Waals surface area contributed by atoms with Crippen LogP contribution in [0.5, 0.6) is 0 Å². The molecule has 0 aliphatic heterocycles. The molecule has 0 spiro atoms. The molecule has 0 unspecified atom stereocenters. The molecule has 0 aliphatic rings. The third-order valence-corrected chi connectivity index (χ3v) is 0. The SMILES string of the molecule is O=P.[AlH3].[KH].[Zn]. The van der Waals surface area contributed by atoms with Crippen molar-refractivity contribution < 1.29 is 24.0 Å². The third-order valence-electron chi connectivity index (χ3n) is 0. The summed E-state index contributed by atoms with van der Waals surface area (Å²) < 4.78 is 8.06. The van der Waals surface area contributed by atoms with Crippen molar-refractivity contribution in [1.29, 1.82) is 0 Å². The van der Waals surface area contributed by atoms with Crippen LogP contribution in [-0.4, -0.2) is 68.7 Å². The molecule has 0 radical (unpaired) electrons. The summed E-state index contributed by atoms with van der Waals surface area (Å²) in [6, 6.07) is 0. The van der Waals surface area contributed by atoms with Crippen molar-refractivity contribution in [2.75, 3.05) is 0 Å². The van der Waals surface area contributed by atoms with E-state index in [-0.39, 0.29) is 88.2 Å². The molecular formula is H5AlKOPZn. The summed E-state index contributed by atoms with van der Waals surface area (Å²) in [7, 11) is 1.72. The van der Waals surface area contributed by atoms with E-state index in [0.29, 0.717) is 0 Å². The van der Waals surface area contributed by atoms with E-state index in [1.54, 1.807) is 9.12 Å². The van der Waals surface area contributed by atoms with Gasteiger partial charge in [0.2, 0.25) is 0 Å². The maximum atomic E-state index is 8.06. The van der Waals surface area contributed by atoms with Crippen LogP contribution in [0.4, 0.5) is 0 Å². The van der Waals surface area contributed by atoms with Gasteiger partial charge in [0.15, 0.2) is 17.4 Å². The summed E-state index contributed by atoms with van der Waals surface area (Å²) in [6.45, 7) is 0. The van der Waals surface area contributed by atoms with Crippen molar-refractivity contribution in [2.45, 2.75) is 0 Å². The number of rotatable bonds is 0. The third kappa shape index (κ3) is 19.7. The molecule has 0 aromatic heterocycles. The largest absolute Gasteiger partial charge is 0 e. The Morgan fingerprint density at radius 1 is 1.20 bits per heavy atom. The van der Waals surface area contributed by atoms with E-state index in [2.05, 4.69) is 0 Å². The van der Waals surface area contributed by atoms with Crippen molar-refractivity contribution in [2.24, 2.45) is 0 Å². The summed E-state index contributed by atoms with van der Waals surface area (Å²) in [5, 5.41) is 0. The molecular weight excluding hydrogens is 178 g/mol. The van der Waals surface area contributed by atoms with Crippen LogP contribution in [0.1, 0.15) is 0 Å². The molecule has 0 aliphatic carbocycles. The number of hydrogen-bond acceptors (Lipinski definition) is 1. The van der Waals surface area contributed by atoms with E-state index in [1.807, 2.05) is 0 Å². The van der Waals surface area contributed by atoms with E-state index in [0.717, 1.165) is 0 Å². The first-order valence-electron chi connectivity index (χ1n) is 0.204. The van der Waals surface area contributed by atoms with Gasteiger partial charge in [-0.05, 0) is 0 Å². The van der Waals surface area contributed by atoms with Gasteiger partial charge in [0.25, 0.3) is 0 Å². The Hall–Kier alpha value is 2.89. The van der Waals surface area contributed by atoms with Crippen LogP contribution in [-0.2, 0) is 24.0 Å². The van der Waals surface area contributed by atoms with Gasteiger partial charge in [0.05, 0.1) is 0 Å². The fraction of sp³-hybridized carbons (Fsp3) is 0. The molecule has 0 rings (SSSR count). The molecule has 0 heterocycles. The summed E-state index contributed by atoms with van der Waals surface area (Å²) in [5.41, 5.74) is 0. The normalized spacial score (nSPS) is 0.800. The average Bonchev–Trinajstić information content (AvgIpc) is 1.00. The van der Waals surface area contributed by atoms with E-state index >= 15 is 0 Å². The first kappa shape index (κ1) is 24.7. The van der Waals surface area contributed by atoms with Gasteiger partial charge in [-0.15, -0.1) is 0 Å². The summed E-state index contributed by atoms with van der Waals surface area (Å²) >= 11 is 0. The topological polar surface area (TPSA) is 17.1 Å². The van der Waals surface area contributed by atoms with Crippen LogP contribution in [0.25, 0.3) is 0 Å². The molecule has 0 aromatic rings. The van der Waals surface area contributed by atoms with Crippen molar-refractivity contribution in [3.05, 3.63) is 0 Å². The Morgan fingerprint density at radius 2 is 1.20 bits per heavy atom. The molecule has 0 aromatic carbocycles. The van der Waals surface area contributed by atoms with Crippen molar-refractivity contribution >= 4 is 77.9 Å². The minimum Gasteiger partial charge on any atom is 0 e. The van der Waals surface area contributed by atoms with Gasteiger partial charge in [-0.1, -0.05) is 0 Å². The van der Waals surface area contributed by atoms with Crippen molar-refractivity contribution in [3.8, 4) is 0 Å². The molecule has 1 nitrogen and oxygen atoms in total. The van der Waals surface area contributed by atoms with Crippen LogP contribution in [0.15, 0.2) is 0 Å². The van der Waals surface area contributed by atoms with Crippen LogP contribution < -0.4 is 0 Å². The zero-order chi connectivity index (χ0) is 2.00. The zero-order valence-electron chi connectivity index (χ0n) is 1.62. The zero-order valence-corrected chi connectivity index (χ0v) is 5.58. The van der Waals surface area contributed by atoms with E-state index in [9.17, 15) is 0 Å². The maximum Gasteiger partial charge on any atom is 0 e. The van der Waals surface area contributed by atoms with Gasteiger partial charge in [-0.3, -0.25) is 4.57 Å². The van der Waals surface area contributed by atoms with Crippen LogP contribution >= 0.6 is 9.12 Å². The van der Waals surface area contributed by atoms with Gasteiger partial charge >= 0.3 is 51.4 Å². The van der Waals surface area contributed by atoms with Gasteiger partial charge in [-0.25, -0.2) is 0 Å². The first-order chi connectivity index (χ1) is 1.00. The molecule has 22 valence electrons. The Kier molecular flexibility index (Phi) is 142. The minimum atomic E-state index is 0. The van der Waals surface area contributed by atoms with E-state index in [4.69, 9.17) is 4.57 Å². The fourth-order valence-electron chi connectivity index (χ4n) is 0. The van der Waals surface area contributed by atoms with E-state index < -0.39 is 0 Å². The van der Waals surface area contributed by atoms with Crippen LogP contribution in [0.2, 0.25) is 0 Å². The Labute approximate surface area is 99.6 Å². The summed E-state index contributed by atoms with van der Waals surface area (Å²) in [5.74, 6) is 0. The quantitative estimate of drug-likeness (QED) is 0.335. The smallest absolute Gasteiger partial charge is 0 e. The second kappa shape index (κ2) is 28.6. The molecule has 0 bridgehead atoms. The molecule has 5 heavy (non-hydrogen) atoms. The van der Waals surface area contributed by atoms with Gasteiger partial charge in [-0.2, -0.15) is 0 Å². The molecule has 5 heteroatoms. The number of hydrogen-bond donors (Lipinski definition) is 0. The second-order valence-electron chi connectivity index (χ2n) is 0. The predicted molar refractivity (Wildman–Crippen MR) is 26.1 cm³/mol.